The third-order valence-electron chi connectivity index (χ3n) is 8.18. The van der Waals surface area contributed by atoms with Crippen molar-refractivity contribution >= 4 is 17.1 Å². The van der Waals surface area contributed by atoms with Crippen molar-refractivity contribution in [2.75, 3.05) is 20.3 Å². The lowest BCUT2D eigenvalue weighted by Gasteiger charge is -2.37. The largest absolute Gasteiger partial charge is 0.469 e. The third-order valence-corrected chi connectivity index (χ3v) is 8.18. The predicted molar refractivity (Wildman–Crippen MR) is 147 cm³/mol. The maximum atomic E-state index is 11.2. The first kappa shape index (κ1) is 26.4. The molecule has 192 valence electrons. The number of carbonyl (C=O) groups is 1. The van der Waals surface area contributed by atoms with E-state index in [9.17, 15) is 4.79 Å². The second kappa shape index (κ2) is 12.5. The molecule has 0 aliphatic heterocycles. The standard InChI is InChI=1S/C32H41NO3/c1-24(25-13-5-3-6-14-25)32-20-19-29(33)28(32)23-27(31(32)26-15-7-4-8-16-26)17-9-11-21-36-22-12-10-18-30(34)35-2/h3-8,13-16,28-29H,1,9-12,17-23,33H2,2H3. The molecule has 4 heteroatoms. The molecule has 0 aromatic heterocycles. The molecule has 0 bridgehead atoms. The second-order valence-corrected chi connectivity index (χ2v) is 10.3. The van der Waals surface area contributed by atoms with Crippen LogP contribution in [0.1, 0.15) is 68.9 Å². The fourth-order valence-electron chi connectivity index (χ4n) is 6.40. The summed E-state index contributed by atoms with van der Waals surface area (Å²) < 4.78 is 10.5. The zero-order valence-corrected chi connectivity index (χ0v) is 21.7. The SMILES string of the molecule is C=C(c1ccccc1)C12CCC(N)C1CC(CCCCOCCCCC(=O)OC)=C2c1ccccc1. The highest BCUT2D eigenvalue weighted by atomic mass is 16.5. The maximum absolute atomic E-state index is 11.2. The van der Waals surface area contributed by atoms with E-state index in [2.05, 4.69) is 65.4 Å². The van der Waals surface area contributed by atoms with Crippen molar-refractivity contribution in [3.63, 3.8) is 0 Å². The monoisotopic (exact) mass is 487 g/mol. The molecule has 0 heterocycles. The van der Waals surface area contributed by atoms with Gasteiger partial charge in [-0.25, -0.2) is 0 Å². The Hall–Kier alpha value is -2.69. The Bertz CT molecular complexity index is 1050. The quantitative estimate of drug-likeness (QED) is 0.249. The first-order valence-corrected chi connectivity index (χ1v) is 13.5. The van der Waals surface area contributed by atoms with Gasteiger partial charge in [-0.3, -0.25) is 4.79 Å². The summed E-state index contributed by atoms with van der Waals surface area (Å²) in [5, 5.41) is 0. The van der Waals surface area contributed by atoms with Crippen molar-refractivity contribution in [2.24, 2.45) is 17.1 Å². The van der Waals surface area contributed by atoms with Crippen LogP contribution >= 0.6 is 0 Å². The van der Waals surface area contributed by atoms with Crippen LogP contribution in [-0.4, -0.2) is 32.3 Å². The lowest BCUT2D eigenvalue weighted by molar-refractivity contribution is -0.140. The molecule has 4 nitrogen and oxygen atoms in total. The fraction of sp³-hybridized carbons (Fsp3) is 0.469. The van der Waals surface area contributed by atoms with Crippen molar-refractivity contribution < 1.29 is 14.3 Å². The highest BCUT2D eigenvalue weighted by molar-refractivity contribution is 5.90. The van der Waals surface area contributed by atoms with Crippen molar-refractivity contribution in [2.45, 2.75) is 63.8 Å². The molecule has 3 unspecified atom stereocenters. The zero-order chi connectivity index (χ0) is 25.4. The summed E-state index contributed by atoms with van der Waals surface area (Å²) in [6.45, 7) is 6.17. The molecule has 2 aliphatic carbocycles. The average Bonchev–Trinajstić information content (AvgIpc) is 3.42. The number of unbranched alkanes of at least 4 members (excludes halogenated alkanes) is 2. The predicted octanol–water partition coefficient (Wildman–Crippen LogP) is 6.81. The van der Waals surface area contributed by atoms with E-state index < -0.39 is 0 Å². The van der Waals surface area contributed by atoms with Crippen LogP contribution in [0.25, 0.3) is 11.1 Å². The molecule has 4 rings (SSSR count). The van der Waals surface area contributed by atoms with Gasteiger partial charge in [-0.15, -0.1) is 0 Å². The minimum absolute atomic E-state index is 0.0897. The molecule has 0 amide bonds. The van der Waals surface area contributed by atoms with Gasteiger partial charge < -0.3 is 15.2 Å². The topological polar surface area (TPSA) is 61.5 Å². The number of rotatable bonds is 13. The molecule has 1 fully saturated rings. The van der Waals surface area contributed by atoms with Gasteiger partial charge in [-0.05, 0) is 79.6 Å². The number of ether oxygens (including phenoxy) is 2. The van der Waals surface area contributed by atoms with Crippen LogP contribution in [0.3, 0.4) is 0 Å². The molecular formula is C32H41NO3. The molecular weight excluding hydrogens is 446 g/mol. The Morgan fingerprint density at radius 1 is 1.00 bits per heavy atom. The van der Waals surface area contributed by atoms with Gasteiger partial charge in [0.15, 0.2) is 0 Å². The van der Waals surface area contributed by atoms with Crippen LogP contribution < -0.4 is 5.73 Å². The van der Waals surface area contributed by atoms with Crippen LogP contribution in [0.5, 0.6) is 0 Å². The summed E-state index contributed by atoms with van der Waals surface area (Å²) in [5.74, 6) is 0.257. The smallest absolute Gasteiger partial charge is 0.305 e. The highest BCUT2D eigenvalue weighted by Gasteiger charge is 2.55. The van der Waals surface area contributed by atoms with Gasteiger partial charge in [0.25, 0.3) is 0 Å². The molecule has 0 spiro atoms. The van der Waals surface area contributed by atoms with E-state index in [1.165, 1.54) is 29.4 Å². The van der Waals surface area contributed by atoms with Crippen molar-refractivity contribution in [3.05, 3.63) is 83.9 Å². The maximum Gasteiger partial charge on any atom is 0.305 e. The molecule has 2 N–H and O–H groups in total. The van der Waals surface area contributed by atoms with E-state index in [1.807, 2.05) is 0 Å². The number of esters is 1. The number of allylic oxidation sites excluding steroid dienone is 3. The van der Waals surface area contributed by atoms with E-state index in [-0.39, 0.29) is 17.4 Å². The van der Waals surface area contributed by atoms with Gasteiger partial charge in [-0.2, -0.15) is 0 Å². The van der Waals surface area contributed by atoms with Gasteiger partial charge in [0.1, 0.15) is 0 Å². The van der Waals surface area contributed by atoms with Crippen LogP contribution in [0.4, 0.5) is 0 Å². The van der Waals surface area contributed by atoms with E-state index in [0.29, 0.717) is 18.9 Å². The summed E-state index contributed by atoms with van der Waals surface area (Å²) in [5.41, 5.74) is 13.5. The molecule has 2 aliphatic rings. The summed E-state index contributed by atoms with van der Waals surface area (Å²) in [6.07, 6.45) is 8.55. The normalized spacial score (nSPS) is 23.1. The summed E-state index contributed by atoms with van der Waals surface area (Å²) >= 11 is 0. The van der Waals surface area contributed by atoms with Gasteiger partial charge in [0, 0.05) is 31.1 Å². The van der Waals surface area contributed by atoms with E-state index in [1.54, 1.807) is 5.57 Å². The fourth-order valence-corrected chi connectivity index (χ4v) is 6.40. The lowest BCUT2D eigenvalue weighted by atomic mass is 9.66. The van der Waals surface area contributed by atoms with E-state index in [4.69, 9.17) is 17.0 Å². The van der Waals surface area contributed by atoms with Gasteiger partial charge >= 0.3 is 5.97 Å². The van der Waals surface area contributed by atoms with Crippen LogP contribution in [0.15, 0.2) is 72.8 Å². The number of benzene rings is 2. The van der Waals surface area contributed by atoms with Gasteiger partial charge in [0.2, 0.25) is 0 Å². The second-order valence-electron chi connectivity index (χ2n) is 10.3. The summed E-state index contributed by atoms with van der Waals surface area (Å²) in [4.78, 5) is 11.2. The van der Waals surface area contributed by atoms with Crippen LogP contribution in [0, 0.1) is 11.3 Å². The Labute approximate surface area is 216 Å². The minimum Gasteiger partial charge on any atom is -0.469 e. The van der Waals surface area contributed by atoms with Crippen LogP contribution in [-0.2, 0) is 14.3 Å². The number of hydrogen-bond donors (Lipinski definition) is 1. The molecule has 0 radical (unpaired) electrons. The molecule has 2 aromatic carbocycles. The number of nitrogens with two attached hydrogens (primary N) is 1. The number of methoxy groups -OCH3 is 1. The Morgan fingerprint density at radius 2 is 1.67 bits per heavy atom. The molecule has 2 aromatic rings. The highest BCUT2D eigenvalue weighted by Crippen LogP contribution is 2.65. The van der Waals surface area contributed by atoms with Gasteiger partial charge in [-0.1, -0.05) is 72.8 Å². The first-order valence-electron chi connectivity index (χ1n) is 13.5. The van der Waals surface area contributed by atoms with E-state index in [0.717, 1.165) is 58.0 Å². The molecule has 36 heavy (non-hydrogen) atoms. The van der Waals surface area contributed by atoms with Crippen molar-refractivity contribution in [1.29, 1.82) is 0 Å². The third kappa shape index (κ3) is 5.66. The molecule has 3 atom stereocenters. The minimum atomic E-state index is -0.147. The summed E-state index contributed by atoms with van der Waals surface area (Å²) in [6, 6.07) is 21.8. The average molecular weight is 488 g/mol. The first-order chi connectivity index (χ1) is 17.6. The number of carbonyl (C=O) groups excluding carboxylic acids is 1. The van der Waals surface area contributed by atoms with E-state index >= 15 is 0 Å². The van der Waals surface area contributed by atoms with Crippen molar-refractivity contribution in [3.8, 4) is 0 Å². The number of fused-ring (bicyclic) bond motifs is 1. The van der Waals surface area contributed by atoms with Crippen molar-refractivity contribution in [1.82, 2.24) is 0 Å². The van der Waals surface area contributed by atoms with Crippen LogP contribution in [0.2, 0.25) is 0 Å². The lowest BCUT2D eigenvalue weighted by Crippen LogP contribution is -2.33. The number of hydrogen-bond acceptors (Lipinski definition) is 4. The molecule has 1 saturated carbocycles. The Morgan fingerprint density at radius 3 is 2.36 bits per heavy atom. The summed E-state index contributed by atoms with van der Waals surface area (Å²) in [7, 11) is 1.43. The zero-order valence-electron chi connectivity index (χ0n) is 21.7. The Kier molecular flexibility index (Phi) is 9.17. The van der Waals surface area contributed by atoms with Gasteiger partial charge in [0.05, 0.1) is 7.11 Å². The Balaban J connectivity index is 1.46. The molecule has 0 saturated heterocycles.